The van der Waals surface area contributed by atoms with Crippen LogP contribution in [-0.4, -0.2) is 40.9 Å². The third-order valence-corrected chi connectivity index (χ3v) is 3.39. The normalized spacial score (nSPS) is 15.8. The number of pyridine rings is 1. The molecule has 1 aliphatic heterocycles. The Morgan fingerprint density at radius 1 is 1.36 bits per heavy atom. The predicted molar refractivity (Wildman–Crippen MR) is 76.6 cm³/mol. The van der Waals surface area contributed by atoms with Gasteiger partial charge in [-0.25, -0.2) is 5.01 Å². The molecule has 0 fully saturated rings. The zero-order valence-corrected chi connectivity index (χ0v) is 12.7. The summed E-state index contributed by atoms with van der Waals surface area (Å²) in [6, 6.07) is 1.95. The number of hydrazine groups is 1. The van der Waals surface area contributed by atoms with Crippen molar-refractivity contribution in [2.24, 2.45) is 0 Å². The minimum absolute atomic E-state index is 0.127. The van der Waals surface area contributed by atoms with Gasteiger partial charge in [0.05, 0.1) is 12.3 Å². The van der Waals surface area contributed by atoms with Gasteiger partial charge in [-0.3, -0.25) is 4.98 Å². The maximum absolute atomic E-state index is 12.1. The molecule has 0 saturated carbocycles. The van der Waals surface area contributed by atoms with Gasteiger partial charge in [0.15, 0.2) is 0 Å². The second-order valence-electron chi connectivity index (χ2n) is 5.20. The van der Waals surface area contributed by atoms with Crippen molar-refractivity contribution in [1.29, 1.82) is 0 Å². The lowest BCUT2D eigenvalue weighted by atomic mass is 10.1. The molecule has 0 unspecified atom stereocenters. The van der Waals surface area contributed by atoms with Gasteiger partial charge in [0.2, 0.25) is 0 Å². The average Bonchev–Trinajstić information content (AvgIpc) is 2.87. The van der Waals surface area contributed by atoms with Gasteiger partial charge in [-0.2, -0.15) is 13.2 Å². The maximum Gasteiger partial charge on any atom is 0.411 e. The first-order chi connectivity index (χ1) is 10.4. The van der Waals surface area contributed by atoms with Crippen LogP contribution in [0, 0.1) is 6.92 Å². The minimum atomic E-state index is -4.31. The number of aromatic nitrogens is 1. The molecule has 0 aliphatic carbocycles. The molecule has 0 radical (unpaired) electrons. The standard InChI is InChI=1S/C15H20F3N3O/c1-3-20-5-4-6-21(20)9-13-7-12(2)14(19-8-13)10-22-11-15(16,17)18/h4-5,7-8H,3,6,9-11H2,1-2H3. The van der Waals surface area contributed by atoms with E-state index in [2.05, 4.69) is 32.7 Å². The van der Waals surface area contributed by atoms with E-state index in [4.69, 9.17) is 0 Å². The van der Waals surface area contributed by atoms with Crippen LogP contribution in [0.15, 0.2) is 24.5 Å². The van der Waals surface area contributed by atoms with Crippen molar-refractivity contribution in [2.75, 3.05) is 19.7 Å². The molecule has 1 aromatic heterocycles. The molecule has 0 bridgehead atoms. The Hall–Kier alpha value is -1.60. The Kier molecular flexibility index (Phi) is 5.42. The van der Waals surface area contributed by atoms with Gasteiger partial charge >= 0.3 is 6.18 Å². The summed E-state index contributed by atoms with van der Waals surface area (Å²) in [5, 5.41) is 4.30. The SMILES string of the molecule is CCN1C=CCN1Cc1cnc(COCC(F)(F)F)c(C)c1. The van der Waals surface area contributed by atoms with E-state index in [1.807, 2.05) is 19.2 Å². The van der Waals surface area contributed by atoms with E-state index < -0.39 is 12.8 Å². The predicted octanol–water partition coefficient (Wildman–Crippen LogP) is 3.04. The molecular weight excluding hydrogens is 295 g/mol. The average molecular weight is 315 g/mol. The van der Waals surface area contributed by atoms with Crippen LogP contribution in [-0.2, 0) is 17.9 Å². The van der Waals surface area contributed by atoms with E-state index in [0.29, 0.717) is 5.69 Å². The van der Waals surface area contributed by atoms with Crippen LogP contribution in [0.25, 0.3) is 0 Å². The number of hydrogen-bond donors (Lipinski definition) is 0. The number of halogens is 3. The Balaban J connectivity index is 1.92. The van der Waals surface area contributed by atoms with Crippen molar-refractivity contribution >= 4 is 0 Å². The molecule has 22 heavy (non-hydrogen) atoms. The van der Waals surface area contributed by atoms with Crippen molar-refractivity contribution in [3.63, 3.8) is 0 Å². The summed E-state index contributed by atoms with van der Waals surface area (Å²) < 4.78 is 40.8. The summed E-state index contributed by atoms with van der Waals surface area (Å²) in [5.41, 5.74) is 2.41. The van der Waals surface area contributed by atoms with Crippen molar-refractivity contribution in [1.82, 2.24) is 15.0 Å². The van der Waals surface area contributed by atoms with Gasteiger partial charge in [-0.1, -0.05) is 12.1 Å². The van der Waals surface area contributed by atoms with Crippen LogP contribution < -0.4 is 0 Å². The van der Waals surface area contributed by atoms with Crippen molar-refractivity contribution < 1.29 is 17.9 Å². The number of hydrogen-bond acceptors (Lipinski definition) is 4. The van der Waals surface area contributed by atoms with Crippen LogP contribution in [0.1, 0.15) is 23.7 Å². The highest BCUT2D eigenvalue weighted by molar-refractivity contribution is 5.23. The van der Waals surface area contributed by atoms with Crippen LogP contribution >= 0.6 is 0 Å². The zero-order chi connectivity index (χ0) is 16.2. The fourth-order valence-corrected chi connectivity index (χ4v) is 2.32. The van der Waals surface area contributed by atoms with Gasteiger partial charge < -0.3 is 9.75 Å². The first-order valence-corrected chi connectivity index (χ1v) is 7.16. The van der Waals surface area contributed by atoms with Crippen LogP contribution in [0.5, 0.6) is 0 Å². The molecule has 2 rings (SSSR count). The molecule has 122 valence electrons. The number of rotatable bonds is 6. The van der Waals surface area contributed by atoms with Crippen molar-refractivity contribution in [3.8, 4) is 0 Å². The Morgan fingerprint density at radius 3 is 2.77 bits per heavy atom. The molecule has 0 saturated heterocycles. The van der Waals surface area contributed by atoms with Crippen LogP contribution in [0.3, 0.4) is 0 Å². The Labute approximate surface area is 128 Å². The highest BCUT2D eigenvalue weighted by Crippen LogP contribution is 2.17. The van der Waals surface area contributed by atoms with E-state index in [1.165, 1.54) is 0 Å². The lowest BCUT2D eigenvalue weighted by Gasteiger charge is -2.28. The first-order valence-electron chi connectivity index (χ1n) is 7.16. The van der Waals surface area contributed by atoms with E-state index in [1.54, 1.807) is 6.20 Å². The van der Waals surface area contributed by atoms with Crippen LogP contribution in [0.2, 0.25) is 0 Å². The third-order valence-electron chi connectivity index (χ3n) is 3.39. The Bertz CT molecular complexity index is 531. The van der Waals surface area contributed by atoms with Crippen molar-refractivity contribution in [3.05, 3.63) is 41.4 Å². The maximum atomic E-state index is 12.1. The quantitative estimate of drug-likeness (QED) is 0.807. The van der Waals surface area contributed by atoms with E-state index >= 15 is 0 Å². The fraction of sp³-hybridized carbons (Fsp3) is 0.533. The van der Waals surface area contributed by atoms with Gasteiger partial charge in [0.25, 0.3) is 0 Å². The highest BCUT2D eigenvalue weighted by atomic mass is 19.4. The highest BCUT2D eigenvalue weighted by Gasteiger charge is 2.27. The van der Waals surface area contributed by atoms with Gasteiger partial charge in [0, 0.05) is 32.0 Å². The van der Waals surface area contributed by atoms with Crippen LogP contribution in [0.4, 0.5) is 13.2 Å². The van der Waals surface area contributed by atoms with Gasteiger partial charge in [-0.15, -0.1) is 0 Å². The molecule has 0 aromatic carbocycles. The van der Waals surface area contributed by atoms with E-state index in [0.717, 1.165) is 30.8 Å². The number of nitrogens with zero attached hydrogens (tertiary/aromatic N) is 3. The smallest absolute Gasteiger partial charge is 0.366 e. The molecule has 1 aromatic rings. The summed E-state index contributed by atoms with van der Waals surface area (Å²) in [7, 11) is 0. The Morgan fingerprint density at radius 2 is 2.14 bits per heavy atom. The largest absolute Gasteiger partial charge is 0.411 e. The fourth-order valence-electron chi connectivity index (χ4n) is 2.32. The molecule has 4 nitrogen and oxygen atoms in total. The summed E-state index contributed by atoms with van der Waals surface area (Å²) >= 11 is 0. The van der Waals surface area contributed by atoms with Gasteiger partial charge in [-0.05, 0) is 25.0 Å². The first kappa shape index (κ1) is 16.8. The zero-order valence-electron chi connectivity index (χ0n) is 12.7. The molecular formula is C15H20F3N3O. The monoisotopic (exact) mass is 315 g/mol. The number of aryl methyl sites for hydroxylation is 1. The molecule has 7 heteroatoms. The summed E-state index contributed by atoms with van der Waals surface area (Å²) in [4.78, 5) is 4.23. The molecule has 0 amide bonds. The molecule has 0 spiro atoms. The number of ether oxygens (including phenoxy) is 1. The van der Waals surface area contributed by atoms with Crippen molar-refractivity contribution in [2.45, 2.75) is 33.2 Å². The second kappa shape index (κ2) is 7.11. The molecule has 0 atom stereocenters. The molecule has 2 heterocycles. The summed E-state index contributed by atoms with van der Waals surface area (Å²) in [6.45, 7) is 5.00. The molecule has 0 N–H and O–H groups in total. The molecule has 1 aliphatic rings. The topological polar surface area (TPSA) is 28.6 Å². The second-order valence-corrected chi connectivity index (χ2v) is 5.20. The minimum Gasteiger partial charge on any atom is -0.366 e. The van der Waals surface area contributed by atoms with E-state index in [9.17, 15) is 13.2 Å². The summed E-state index contributed by atoms with van der Waals surface area (Å²) in [6.07, 6.45) is 1.52. The lowest BCUT2D eigenvalue weighted by molar-refractivity contribution is -0.176. The number of alkyl halides is 3. The third kappa shape index (κ3) is 4.71. The lowest BCUT2D eigenvalue weighted by Crippen LogP contribution is -2.34. The summed E-state index contributed by atoms with van der Waals surface area (Å²) in [5.74, 6) is 0. The van der Waals surface area contributed by atoms with E-state index in [-0.39, 0.29) is 6.61 Å². The van der Waals surface area contributed by atoms with Gasteiger partial charge in [0.1, 0.15) is 6.61 Å².